The van der Waals surface area contributed by atoms with Crippen LogP contribution in [0.15, 0.2) is 59.4 Å². The van der Waals surface area contributed by atoms with Crippen molar-refractivity contribution >= 4 is 17.5 Å². The number of anilines is 1. The topological polar surface area (TPSA) is 116 Å². The number of carbonyl (C=O) groups is 2. The molecule has 9 heteroatoms. The van der Waals surface area contributed by atoms with Crippen molar-refractivity contribution in [3.05, 3.63) is 82.0 Å². The first kappa shape index (κ1) is 18.8. The van der Waals surface area contributed by atoms with Gasteiger partial charge in [-0.3, -0.25) is 14.4 Å². The molecule has 3 N–H and O–H groups in total. The molecule has 0 aliphatic rings. The highest BCUT2D eigenvalue weighted by Crippen LogP contribution is 2.19. The quantitative estimate of drug-likeness (QED) is 0.697. The third-order valence-electron chi connectivity index (χ3n) is 3.84. The maximum absolute atomic E-state index is 13.1. The van der Waals surface area contributed by atoms with E-state index < -0.39 is 23.2 Å². The van der Waals surface area contributed by atoms with Gasteiger partial charge in [0.1, 0.15) is 5.82 Å². The maximum atomic E-state index is 13.1. The average molecular weight is 382 g/mol. The van der Waals surface area contributed by atoms with Gasteiger partial charge in [0.05, 0.1) is 30.1 Å². The molecule has 0 saturated carbocycles. The number of primary amides is 1. The van der Waals surface area contributed by atoms with Crippen LogP contribution in [0.4, 0.5) is 10.1 Å². The van der Waals surface area contributed by atoms with Crippen LogP contribution < -0.4 is 21.3 Å². The minimum Gasteiger partial charge on any atom is -0.494 e. The van der Waals surface area contributed by atoms with Crippen molar-refractivity contribution in [2.45, 2.75) is 0 Å². The highest BCUT2D eigenvalue weighted by atomic mass is 19.1. The zero-order valence-electron chi connectivity index (χ0n) is 14.7. The van der Waals surface area contributed by atoms with Gasteiger partial charge in [-0.15, -0.1) is 0 Å². The van der Waals surface area contributed by atoms with E-state index in [1.807, 2.05) is 0 Å². The molecule has 1 aromatic heterocycles. The van der Waals surface area contributed by atoms with E-state index in [0.29, 0.717) is 0 Å². The summed E-state index contributed by atoms with van der Waals surface area (Å²) in [5.74, 6) is -1.97. The summed E-state index contributed by atoms with van der Waals surface area (Å²) >= 11 is 0. The third kappa shape index (κ3) is 3.73. The monoisotopic (exact) mass is 382 g/mol. The van der Waals surface area contributed by atoms with Crippen LogP contribution in [0.1, 0.15) is 20.8 Å². The molecule has 0 atom stereocenters. The van der Waals surface area contributed by atoms with Gasteiger partial charge in [-0.1, -0.05) is 12.1 Å². The molecule has 0 saturated heterocycles. The lowest BCUT2D eigenvalue weighted by atomic mass is 10.1. The number of rotatable bonds is 5. The first-order valence-electron chi connectivity index (χ1n) is 8.05. The van der Waals surface area contributed by atoms with E-state index in [2.05, 4.69) is 10.4 Å². The Bertz CT molecular complexity index is 1110. The summed E-state index contributed by atoms with van der Waals surface area (Å²) in [5.41, 5.74) is 5.10. The summed E-state index contributed by atoms with van der Waals surface area (Å²) in [6, 6.07) is 12.3. The Morgan fingerprint density at radius 3 is 2.46 bits per heavy atom. The molecule has 2 amide bonds. The van der Waals surface area contributed by atoms with E-state index in [0.717, 1.165) is 22.9 Å². The molecule has 142 valence electrons. The molecule has 0 aliphatic carbocycles. The Morgan fingerprint density at radius 2 is 1.82 bits per heavy atom. The third-order valence-corrected chi connectivity index (χ3v) is 3.84. The molecule has 0 radical (unpaired) electrons. The van der Waals surface area contributed by atoms with Crippen LogP contribution in [-0.4, -0.2) is 28.7 Å². The van der Waals surface area contributed by atoms with Crippen molar-refractivity contribution in [1.82, 2.24) is 9.78 Å². The fraction of sp³-hybridized carbons (Fsp3) is 0.0526. The lowest BCUT2D eigenvalue weighted by Crippen LogP contribution is -2.26. The van der Waals surface area contributed by atoms with Crippen molar-refractivity contribution in [3.63, 3.8) is 0 Å². The number of halogens is 1. The number of nitrogens with zero attached hydrogens (tertiary/aromatic N) is 2. The number of benzene rings is 2. The predicted octanol–water partition coefficient (Wildman–Crippen LogP) is 1.73. The van der Waals surface area contributed by atoms with E-state index in [1.54, 1.807) is 12.1 Å². The number of aromatic nitrogens is 2. The molecule has 1 heterocycles. The van der Waals surface area contributed by atoms with Gasteiger partial charge in [0.2, 0.25) is 0 Å². The highest BCUT2D eigenvalue weighted by molar-refractivity contribution is 6.08. The predicted molar refractivity (Wildman–Crippen MR) is 99.3 cm³/mol. The van der Waals surface area contributed by atoms with Gasteiger partial charge in [0, 0.05) is 0 Å². The Labute approximate surface area is 158 Å². The number of methoxy groups -OCH3 is 1. The van der Waals surface area contributed by atoms with Crippen LogP contribution >= 0.6 is 0 Å². The molecule has 8 nitrogen and oxygen atoms in total. The van der Waals surface area contributed by atoms with Gasteiger partial charge >= 0.3 is 0 Å². The van der Waals surface area contributed by atoms with Crippen molar-refractivity contribution in [2.24, 2.45) is 5.73 Å². The molecule has 3 rings (SSSR count). The number of nitrogens with two attached hydrogens (primary N) is 1. The van der Waals surface area contributed by atoms with Crippen LogP contribution in [-0.2, 0) is 0 Å². The number of hydrogen-bond acceptors (Lipinski definition) is 5. The van der Waals surface area contributed by atoms with Gasteiger partial charge in [-0.25, -0.2) is 4.39 Å². The lowest BCUT2D eigenvalue weighted by molar-refractivity contribution is 0.100. The largest absolute Gasteiger partial charge is 0.494 e. The fourth-order valence-electron chi connectivity index (χ4n) is 2.51. The lowest BCUT2D eigenvalue weighted by Gasteiger charge is -2.12. The minimum atomic E-state index is -0.721. The SMILES string of the molecule is COc1cc(=O)n(-c2ccc(F)cc2)nc1C(=O)Nc1ccccc1C(N)=O. The summed E-state index contributed by atoms with van der Waals surface area (Å²) < 4.78 is 19.2. The van der Waals surface area contributed by atoms with Crippen LogP contribution in [0.3, 0.4) is 0 Å². The van der Waals surface area contributed by atoms with Crippen molar-refractivity contribution < 1.29 is 18.7 Å². The number of ether oxygens (including phenoxy) is 1. The summed E-state index contributed by atoms with van der Waals surface area (Å²) in [6.07, 6.45) is 0. The number of nitrogens with one attached hydrogen (secondary N) is 1. The van der Waals surface area contributed by atoms with Gasteiger partial charge < -0.3 is 15.8 Å². The van der Waals surface area contributed by atoms with Crippen LogP contribution in [0, 0.1) is 5.82 Å². The van der Waals surface area contributed by atoms with Gasteiger partial charge in [-0.05, 0) is 36.4 Å². The van der Waals surface area contributed by atoms with Gasteiger partial charge in [0.15, 0.2) is 11.4 Å². The zero-order valence-corrected chi connectivity index (χ0v) is 14.7. The minimum absolute atomic E-state index is 0.0579. The first-order valence-corrected chi connectivity index (χ1v) is 8.05. The van der Waals surface area contributed by atoms with E-state index in [4.69, 9.17) is 10.5 Å². The number of hydrogen-bond donors (Lipinski definition) is 2. The fourth-order valence-corrected chi connectivity index (χ4v) is 2.51. The molecule has 28 heavy (non-hydrogen) atoms. The number of para-hydroxylation sites is 1. The van der Waals surface area contributed by atoms with Crippen LogP contribution in [0.25, 0.3) is 5.69 Å². The van der Waals surface area contributed by atoms with Gasteiger partial charge in [-0.2, -0.15) is 9.78 Å². The molecular weight excluding hydrogens is 367 g/mol. The van der Waals surface area contributed by atoms with Crippen molar-refractivity contribution in [3.8, 4) is 11.4 Å². The molecule has 0 spiro atoms. The Balaban J connectivity index is 2.04. The summed E-state index contributed by atoms with van der Waals surface area (Å²) in [6.45, 7) is 0. The number of amides is 2. The normalized spacial score (nSPS) is 10.4. The summed E-state index contributed by atoms with van der Waals surface area (Å²) in [7, 11) is 1.28. The maximum Gasteiger partial charge on any atom is 0.280 e. The van der Waals surface area contributed by atoms with E-state index in [9.17, 15) is 18.8 Å². The molecule has 0 unspecified atom stereocenters. The second-order valence-corrected chi connectivity index (χ2v) is 5.65. The van der Waals surface area contributed by atoms with Gasteiger partial charge in [0.25, 0.3) is 17.4 Å². The molecule has 0 bridgehead atoms. The standard InChI is InChI=1S/C19H15FN4O4/c1-28-15-10-16(25)24(12-8-6-11(20)7-9-12)23-17(15)19(27)22-14-5-3-2-4-13(14)18(21)26/h2-10H,1H3,(H2,21,26)(H,22,27). The van der Waals surface area contributed by atoms with E-state index in [-0.39, 0.29) is 28.4 Å². The van der Waals surface area contributed by atoms with Crippen molar-refractivity contribution in [2.75, 3.05) is 12.4 Å². The van der Waals surface area contributed by atoms with Crippen molar-refractivity contribution in [1.29, 1.82) is 0 Å². The van der Waals surface area contributed by atoms with E-state index in [1.165, 1.54) is 31.4 Å². The van der Waals surface area contributed by atoms with E-state index >= 15 is 0 Å². The molecule has 0 fully saturated rings. The zero-order chi connectivity index (χ0) is 20.3. The summed E-state index contributed by atoms with van der Waals surface area (Å²) in [4.78, 5) is 36.6. The average Bonchev–Trinajstić information content (AvgIpc) is 2.68. The Morgan fingerprint density at radius 1 is 1.14 bits per heavy atom. The first-order chi connectivity index (χ1) is 13.4. The second kappa shape index (κ2) is 7.70. The Hall–Kier alpha value is -4.01. The smallest absolute Gasteiger partial charge is 0.280 e. The van der Waals surface area contributed by atoms with Crippen LogP contribution in [0.2, 0.25) is 0 Å². The molecule has 2 aromatic carbocycles. The highest BCUT2D eigenvalue weighted by Gasteiger charge is 2.20. The molecular formula is C19H15FN4O4. The molecule has 3 aromatic rings. The Kier molecular flexibility index (Phi) is 5.16. The number of carbonyl (C=O) groups excluding carboxylic acids is 2. The molecule has 0 aliphatic heterocycles. The summed E-state index contributed by atoms with van der Waals surface area (Å²) in [5, 5.41) is 6.57. The van der Waals surface area contributed by atoms with Crippen LogP contribution in [0.5, 0.6) is 5.75 Å². The second-order valence-electron chi connectivity index (χ2n) is 5.65.